The average Bonchev–Trinajstić information content (AvgIpc) is 2.83. The topological polar surface area (TPSA) is 80.0 Å². The smallest absolute Gasteiger partial charge is 0.287 e. The standard InChI is InChI=1S/C8H8N6O/c1-9-14-4-11-5-6(14)12-8-10-2-3-13(8)7(5)15/h2-4,9H,1H3,(H,10,12). The molecule has 3 rings (SSSR count). The van der Waals surface area contributed by atoms with E-state index in [9.17, 15) is 4.79 Å². The van der Waals surface area contributed by atoms with Gasteiger partial charge < -0.3 is 10.4 Å². The Hall–Kier alpha value is -2.31. The Bertz CT molecular complexity index is 690. The molecule has 0 radical (unpaired) electrons. The zero-order chi connectivity index (χ0) is 10.4. The van der Waals surface area contributed by atoms with Gasteiger partial charge in [-0.25, -0.2) is 19.0 Å². The highest BCUT2D eigenvalue weighted by molar-refractivity contribution is 5.71. The summed E-state index contributed by atoms with van der Waals surface area (Å²) in [4.78, 5) is 22.9. The van der Waals surface area contributed by atoms with Crippen molar-refractivity contribution in [1.29, 1.82) is 0 Å². The predicted octanol–water partition coefficient (Wildman–Crippen LogP) is -0.454. The van der Waals surface area contributed by atoms with Crippen molar-refractivity contribution in [3.63, 3.8) is 0 Å². The van der Waals surface area contributed by atoms with Gasteiger partial charge in [0.1, 0.15) is 6.33 Å². The molecule has 0 aliphatic heterocycles. The highest BCUT2D eigenvalue weighted by Gasteiger charge is 2.09. The van der Waals surface area contributed by atoms with Gasteiger partial charge in [0.2, 0.25) is 5.78 Å². The first-order valence-corrected chi connectivity index (χ1v) is 4.41. The first kappa shape index (κ1) is 8.04. The lowest BCUT2D eigenvalue weighted by atomic mass is 10.5. The molecule has 0 fully saturated rings. The summed E-state index contributed by atoms with van der Waals surface area (Å²) in [6, 6.07) is 0. The van der Waals surface area contributed by atoms with Crippen LogP contribution in [0.5, 0.6) is 0 Å². The van der Waals surface area contributed by atoms with Crippen LogP contribution in [-0.2, 0) is 0 Å². The van der Waals surface area contributed by atoms with Crippen LogP contribution in [0.1, 0.15) is 0 Å². The Kier molecular flexibility index (Phi) is 1.39. The molecule has 3 aromatic heterocycles. The molecule has 0 unspecified atom stereocenters. The van der Waals surface area contributed by atoms with Crippen LogP contribution in [0, 0.1) is 0 Å². The van der Waals surface area contributed by atoms with E-state index in [0.29, 0.717) is 16.9 Å². The van der Waals surface area contributed by atoms with Crippen molar-refractivity contribution in [3.05, 3.63) is 29.1 Å². The van der Waals surface area contributed by atoms with Crippen molar-refractivity contribution in [1.82, 2.24) is 24.0 Å². The number of rotatable bonds is 1. The second-order valence-electron chi connectivity index (χ2n) is 3.09. The van der Waals surface area contributed by atoms with Crippen LogP contribution in [0.15, 0.2) is 23.5 Å². The fraction of sp³-hybridized carbons (Fsp3) is 0.125. The summed E-state index contributed by atoms with van der Waals surface area (Å²) in [6.07, 6.45) is 4.71. The van der Waals surface area contributed by atoms with Crippen LogP contribution in [-0.4, -0.2) is 31.1 Å². The molecule has 2 N–H and O–H groups in total. The monoisotopic (exact) mass is 204 g/mol. The Balaban J connectivity index is 2.60. The zero-order valence-electron chi connectivity index (χ0n) is 7.93. The number of aromatic nitrogens is 5. The summed E-state index contributed by atoms with van der Waals surface area (Å²) < 4.78 is 3.06. The number of hydrogen-bond acceptors (Lipinski definition) is 4. The molecule has 7 nitrogen and oxygen atoms in total. The molecule has 3 heterocycles. The number of hydrogen-bond donors (Lipinski definition) is 2. The summed E-state index contributed by atoms with van der Waals surface area (Å²) in [5, 5.41) is 0. The molecule has 3 aromatic rings. The van der Waals surface area contributed by atoms with E-state index >= 15 is 0 Å². The van der Waals surface area contributed by atoms with E-state index < -0.39 is 0 Å². The third-order valence-electron chi connectivity index (χ3n) is 2.30. The number of imidazole rings is 2. The van der Waals surface area contributed by atoms with Crippen LogP contribution >= 0.6 is 0 Å². The number of fused-ring (bicyclic) bond motifs is 2. The second-order valence-corrected chi connectivity index (χ2v) is 3.09. The summed E-state index contributed by atoms with van der Waals surface area (Å²) in [5.74, 6) is 0.504. The summed E-state index contributed by atoms with van der Waals surface area (Å²) in [5.41, 5.74) is 3.70. The van der Waals surface area contributed by atoms with E-state index in [-0.39, 0.29) is 5.56 Å². The summed E-state index contributed by atoms with van der Waals surface area (Å²) in [7, 11) is 1.75. The van der Waals surface area contributed by atoms with Crippen LogP contribution in [0.2, 0.25) is 0 Å². The molecule has 0 saturated carbocycles. The maximum Gasteiger partial charge on any atom is 0.287 e. The van der Waals surface area contributed by atoms with Gasteiger partial charge >= 0.3 is 0 Å². The minimum absolute atomic E-state index is 0.176. The molecule has 0 saturated heterocycles. The number of aromatic amines is 1. The summed E-state index contributed by atoms with van der Waals surface area (Å²) >= 11 is 0. The normalized spacial score (nSPS) is 11.3. The highest BCUT2D eigenvalue weighted by atomic mass is 16.1. The van der Waals surface area contributed by atoms with Crippen molar-refractivity contribution < 1.29 is 0 Å². The van der Waals surface area contributed by atoms with E-state index in [0.717, 1.165) is 0 Å². The van der Waals surface area contributed by atoms with Crippen LogP contribution in [0.25, 0.3) is 16.9 Å². The zero-order valence-corrected chi connectivity index (χ0v) is 7.93. The van der Waals surface area contributed by atoms with Gasteiger partial charge in [0.05, 0.1) is 0 Å². The van der Waals surface area contributed by atoms with Gasteiger partial charge in [0, 0.05) is 19.4 Å². The Labute approximate surface area is 83.4 Å². The Morgan fingerprint density at radius 2 is 2.33 bits per heavy atom. The highest BCUT2D eigenvalue weighted by Crippen LogP contribution is 2.04. The lowest BCUT2D eigenvalue weighted by molar-refractivity contribution is 0.937. The van der Waals surface area contributed by atoms with Crippen molar-refractivity contribution in [2.45, 2.75) is 0 Å². The van der Waals surface area contributed by atoms with Crippen molar-refractivity contribution in [2.75, 3.05) is 12.5 Å². The van der Waals surface area contributed by atoms with Gasteiger partial charge in [-0.05, 0) is 0 Å². The molecule has 15 heavy (non-hydrogen) atoms. The molecule has 0 aromatic carbocycles. The molecule has 0 bridgehead atoms. The van der Waals surface area contributed by atoms with Gasteiger partial charge in [0.25, 0.3) is 5.56 Å². The number of H-pyrrole nitrogens is 1. The van der Waals surface area contributed by atoms with Gasteiger partial charge in [0.15, 0.2) is 11.2 Å². The SMILES string of the molecule is CNn1cnc2c(=O)n3ccnc3[nH]c21. The maximum absolute atomic E-state index is 11.9. The molecule has 7 heteroatoms. The van der Waals surface area contributed by atoms with Crippen LogP contribution in [0.3, 0.4) is 0 Å². The lowest BCUT2D eigenvalue weighted by Gasteiger charge is -2.01. The van der Waals surface area contributed by atoms with Gasteiger partial charge in [-0.3, -0.25) is 4.79 Å². The third kappa shape index (κ3) is 0.912. The van der Waals surface area contributed by atoms with Crippen molar-refractivity contribution in [2.24, 2.45) is 0 Å². The fourth-order valence-corrected chi connectivity index (χ4v) is 1.57. The number of nitrogens with zero attached hydrogens (tertiary/aromatic N) is 4. The fourth-order valence-electron chi connectivity index (χ4n) is 1.57. The molecule has 0 atom stereocenters. The maximum atomic E-state index is 11.9. The van der Waals surface area contributed by atoms with Crippen LogP contribution in [0.4, 0.5) is 0 Å². The predicted molar refractivity (Wildman–Crippen MR) is 54.4 cm³/mol. The largest absolute Gasteiger partial charge is 0.326 e. The minimum Gasteiger partial charge on any atom is -0.326 e. The van der Waals surface area contributed by atoms with Gasteiger partial charge in [-0.15, -0.1) is 0 Å². The minimum atomic E-state index is -0.176. The van der Waals surface area contributed by atoms with E-state index in [1.54, 1.807) is 30.4 Å². The van der Waals surface area contributed by atoms with Gasteiger partial charge in [-0.1, -0.05) is 0 Å². The molecular weight excluding hydrogens is 196 g/mol. The first-order valence-electron chi connectivity index (χ1n) is 4.41. The van der Waals surface area contributed by atoms with E-state index in [1.165, 1.54) is 4.40 Å². The van der Waals surface area contributed by atoms with Crippen molar-refractivity contribution >= 4 is 16.9 Å². The first-order chi connectivity index (χ1) is 7.31. The third-order valence-corrected chi connectivity index (χ3v) is 2.30. The Morgan fingerprint density at radius 3 is 3.13 bits per heavy atom. The number of nitrogens with one attached hydrogen (secondary N) is 2. The summed E-state index contributed by atoms with van der Waals surface area (Å²) in [6.45, 7) is 0. The molecule has 76 valence electrons. The van der Waals surface area contributed by atoms with Gasteiger partial charge in [-0.2, -0.15) is 0 Å². The molecule has 0 spiro atoms. The molecular formula is C8H8N6O. The molecule has 0 amide bonds. The average molecular weight is 204 g/mol. The van der Waals surface area contributed by atoms with E-state index in [4.69, 9.17) is 0 Å². The Morgan fingerprint density at radius 1 is 1.47 bits per heavy atom. The molecule has 0 aliphatic rings. The molecule has 0 aliphatic carbocycles. The van der Waals surface area contributed by atoms with Crippen LogP contribution < -0.4 is 11.0 Å². The second kappa shape index (κ2) is 2.59. The van der Waals surface area contributed by atoms with Crippen molar-refractivity contribution in [3.8, 4) is 0 Å². The quantitative estimate of drug-likeness (QED) is 0.562. The van der Waals surface area contributed by atoms with E-state index in [2.05, 4.69) is 20.4 Å². The van der Waals surface area contributed by atoms with E-state index in [1.807, 2.05) is 0 Å². The lowest BCUT2D eigenvalue weighted by Crippen LogP contribution is -2.15.